The van der Waals surface area contributed by atoms with Gasteiger partial charge in [0.25, 0.3) is 0 Å². The first kappa shape index (κ1) is 24.7. The van der Waals surface area contributed by atoms with Crippen LogP contribution < -0.4 is 14.2 Å². The summed E-state index contributed by atoms with van der Waals surface area (Å²) in [7, 11) is 8.39. The van der Waals surface area contributed by atoms with Crippen molar-refractivity contribution < 1.29 is 4.40 Å². The average molecular weight is 509 g/mol. The third-order valence-electron chi connectivity index (χ3n) is 7.53. The second-order valence-corrected chi connectivity index (χ2v) is 10.7. The third-order valence-corrected chi connectivity index (χ3v) is 7.53. The Bertz CT molecular complexity index is 1790. The Morgan fingerprint density at radius 2 is 1.13 bits per heavy atom. The van der Waals surface area contributed by atoms with Crippen molar-refractivity contribution in [1.82, 2.24) is 0 Å². The molecule has 0 fully saturated rings. The van der Waals surface area contributed by atoms with Crippen molar-refractivity contribution in [2.75, 3.05) is 38.0 Å². The molecule has 0 amide bonds. The van der Waals surface area contributed by atoms with E-state index in [4.69, 9.17) is 0 Å². The van der Waals surface area contributed by atoms with Crippen molar-refractivity contribution in [3.63, 3.8) is 0 Å². The number of aromatic nitrogens is 1. The van der Waals surface area contributed by atoms with Gasteiger partial charge in [-0.25, -0.2) is 0 Å². The molecule has 0 unspecified atom stereocenters. The Morgan fingerprint density at radius 1 is 0.538 bits per heavy atom. The fourth-order valence-corrected chi connectivity index (χ4v) is 5.59. The van der Waals surface area contributed by atoms with Gasteiger partial charge in [0.1, 0.15) is 0 Å². The lowest BCUT2D eigenvalue weighted by Crippen LogP contribution is -2.28. The Morgan fingerprint density at radius 3 is 1.74 bits per heavy atom. The van der Waals surface area contributed by atoms with Gasteiger partial charge < -0.3 is 9.80 Å². The largest absolute Gasteiger partial charge is 0.378 e. The zero-order valence-corrected chi connectivity index (χ0v) is 23.3. The van der Waals surface area contributed by atoms with Crippen LogP contribution in [0.15, 0.2) is 115 Å². The summed E-state index contributed by atoms with van der Waals surface area (Å²) >= 11 is 0. The van der Waals surface area contributed by atoms with E-state index in [0.29, 0.717) is 0 Å². The van der Waals surface area contributed by atoms with Crippen LogP contribution >= 0.6 is 0 Å². The van der Waals surface area contributed by atoms with Crippen LogP contribution in [0.5, 0.6) is 0 Å². The Labute approximate surface area is 231 Å². The van der Waals surface area contributed by atoms with Crippen molar-refractivity contribution in [2.45, 2.75) is 6.92 Å². The maximum Gasteiger partial charge on any atom is 0.226 e. The summed E-state index contributed by atoms with van der Waals surface area (Å²) in [5, 5.41) is 2.49. The topological polar surface area (TPSA) is 10.6 Å². The molecule has 0 aliphatic carbocycles. The first-order valence-electron chi connectivity index (χ1n) is 13.4. The summed E-state index contributed by atoms with van der Waals surface area (Å²) < 4.78 is 2.43. The molecular weight excluding hydrogens is 474 g/mol. The second kappa shape index (κ2) is 9.92. The lowest BCUT2D eigenvalue weighted by molar-refractivity contribution is -0.497. The van der Waals surface area contributed by atoms with Gasteiger partial charge in [-0.3, -0.25) is 0 Å². The lowest BCUT2D eigenvalue weighted by atomic mass is 9.90. The molecule has 0 saturated carbocycles. The number of aryl methyl sites for hydroxylation is 1. The molecular formula is C36H34N3+. The van der Waals surface area contributed by atoms with Crippen molar-refractivity contribution in [1.29, 1.82) is 0 Å². The smallest absolute Gasteiger partial charge is 0.226 e. The molecule has 192 valence electrons. The molecule has 4 aromatic carbocycles. The molecule has 6 rings (SSSR count). The minimum atomic E-state index is 1.19. The highest BCUT2D eigenvalue weighted by Gasteiger charge is 2.27. The van der Waals surface area contributed by atoms with Crippen molar-refractivity contribution in [3.8, 4) is 33.5 Å². The summed E-state index contributed by atoms with van der Waals surface area (Å²) in [5.41, 5.74) is 12.1. The predicted octanol–water partition coefficient (Wildman–Crippen LogP) is 8.02. The number of nitrogens with zero attached hydrogens (tertiary/aromatic N) is 3. The molecule has 0 aliphatic heterocycles. The normalized spacial score (nSPS) is 11.2. The van der Waals surface area contributed by atoms with Crippen LogP contribution in [0.3, 0.4) is 0 Å². The van der Waals surface area contributed by atoms with Crippen LogP contribution in [0.4, 0.5) is 11.4 Å². The number of pyridine rings is 2. The fraction of sp³-hybridized carbons (Fsp3) is 0.139. The Balaban J connectivity index is 1.83. The molecule has 0 aliphatic rings. The first-order chi connectivity index (χ1) is 18.9. The standard InChI is InChI=1S/C36H34N3/c1-25-22-32(26-16-18-29(19-17-26)37(2)3)36-31-21-20-30(38(4)5)23-33(31)34(27-12-8-6-9-13-27)35(39(36)24-25)28-14-10-7-11-15-28/h6-24H,1-5H3/q+1. The predicted molar refractivity (Wildman–Crippen MR) is 167 cm³/mol. The molecule has 3 heteroatoms. The molecule has 0 N–H and O–H groups in total. The Kier molecular flexibility index (Phi) is 6.28. The van der Waals surface area contributed by atoms with E-state index in [0.717, 1.165) is 0 Å². The average Bonchev–Trinajstić information content (AvgIpc) is 2.96. The van der Waals surface area contributed by atoms with Crippen LogP contribution in [0.25, 0.3) is 49.8 Å². The SMILES string of the molecule is Cc1cc(-c2ccc(N(C)C)cc2)c2c3ccc(N(C)C)cc3c(-c3ccccc3)c(-c3ccccc3)[n+]2c1. The van der Waals surface area contributed by atoms with Gasteiger partial charge in [-0.15, -0.1) is 0 Å². The van der Waals surface area contributed by atoms with Gasteiger partial charge in [-0.1, -0.05) is 60.7 Å². The van der Waals surface area contributed by atoms with Crippen LogP contribution in [0.2, 0.25) is 0 Å². The summed E-state index contributed by atoms with van der Waals surface area (Å²) in [6.07, 6.45) is 2.29. The summed E-state index contributed by atoms with van der Waals surface area (Å²) in [6.45, 7) is 2.19. The minimum absolute atomic E-state index is 1.19. The van der Waals surface area contributed by atoms with Crippen LogP contribution in [0.1, 0.15) is 5.56 Å². The van der Waals surface area contributed by atoms with E-state index in [1.54, 1.807) is 0 Å². The van der Waals surface area contributed by atoms with Gasteiger partial charge in [0.15, 0.2) is 6.20 Å². The van der Waals surface area contributed by atoms with Crippen LogP contribution in [-0.4, -0.2) is 28.2 Å². The molecule has 0 bridgehead atoms. The maximum absolute atomic E-state index is 2.43. The molecule has 0 atom stereocenters. The zero-order valence-electron chi connectivity index (χ0n) is 23.3. The van der Waals surface area contributed by atoms with Crippen molar-refractivity contribution >= 4 is 27.7 Å². The monoisotopic (exact) mass is 508 g/mol. The molecule has 3 nitrogen and oxygen atoms in total. The first-order valence-corrected chi connectivity index (χ1v) is 13.4. The summed E-state index contributed by atoms with van der Waals surface area (Å²) in [5.74, 6) is 0. The summed E-state index contributed by atoms with van der Waals surface area (Å²) in [4.78, 5) is 4.33. The quantitative estimate of drug-likeness (QED) is 0.172. The van der Waals surface area contributed by atoms with Gasteiger partial charge in [0.2, 0.25) is 11.2 Å². The van der Waals surface area contributed by atoms with Crippen molar-refractivity contribution in [3.05, 3.63) is 121 Å². The number of rotatable bonds is 5. The van der Waals surface area contributed by atoms with Crippen molar-refractivity contribution in [2.24, 2.45) is 0 Å². The number of hydrogen-bond donors (Lipinski definition) is 0. The van der Waals surface area contributed by atoms with Gasteiger partial charge >= 0.3 is 0 Å². The second-order valence-electron chi connectivity index (χ2n) is 10.7. The number of hydrogen-bond acceptors (Lipinski definition) is 2. The molecule has 0 spiro atoms. The molecule has 0 radical (unpaired) electrons. The van der Waals surface area contributed by atoms with E-state index >= 15 is 0 Å². The molecule has 39 heavy (non-hydrogen) atoms. The van der Waals surface area contributed by atoms with Crippen LogP contribution in [-0.2, 0) is 0 Å². The number of benzene rings is 4. The van der Waals surface area contributed by atoms with E-state index in [9.17, 15) is 0 Å². The highest BCUT2D eigenvalue weighted by molar-refractivity contribution is 6.11. The number of anilines is 2. The van der Waals surface area contributed by atoms with Gasteiger partial charge in [0, 0.05) is 56.1 Å². The molecule has 2 heterocycles. The maximum atomic E-state index is 2.43. The van der Waals surface area contributed by atoms with E-state index in [1.165, 1.54) is 66.7 Å². The molecule has 6 aromatic rings. The van der Waals surface area contributed by atoms with Gasteiger partial charge in [0.05, 0.1) is 16.5 Å². The van der Waals surface area contributed by atoms with E-state index in [-0.39, 0.29) is 0 Å². The summed E-state index contributed by atoms with van der Waals surface area (Å²) in [6, 6.07) is 39.7. The third kappa shape index (κ3) is 4.40. The van der Waals surface area contributed by atoms with E-state index in [1.807, 2.05) is 0 Å². The minimum Gasteiger partial charge on any atom is -0.378 e. The zero-order chi connectivity index (χ0) is 27.1. The molecule has 0 saturated heterocycles. The highest BCUT2D eigenvalue weighted by atomic mass is 15.1. The highest BCUT2D eigenvalue weighted by Crippen LogP contribution is 2.41. The van der Waals surface area contributed by atoms with Crippen LogP contribution in [0, 0.1) is 6.92 Å². The lowest BCUT2D eigenvalue weighted by Gasteiger charge is -2.18. The number of fused-ring (bicyclic) bond motifs is 3. The fourth-order valence-electron chi connectivity index (χ4n) is 5.59. The van der Waals surface area contributed by atoms with Gasteiger partial charge in [-0.2, -0.15) is 4.40 Å². The van der Waals surface area contributed by atoms with Gasteiger partial charge in [-0.05, 0) is 66.6 Å². The molecule has 2 aromatic heterocycles. The Hall–Kier alpha value is -4.63. The van der Waals surface area contributed by atoms with E-state index < -0.39 is 0 Å². The van der Waals surface area contributed by atoms with E-state index in [2.05, 4.69) is 165 Å².